The minimum Gasteiger partial charge on any atom is -0.381 e. The van der Waals surface area contributed by atoms with Crippen molar-refractivity contribution < 1.29 is 14.3 Å². The average Bonchev–Trinajstić information content (AvgIpc) is 2.69. The topological polar surface area (TPSA) is 48.4 Å². The summed E-state index contributed by atoms with van der Waals surface area (Å²) in [5.41, 5.74) is 0.354. The maximum atomic E-state index is 12.4. The molecule has 0 bridgehead atoms. The Morgan fingerprint density at radius 1 is 1.44 bits per heavy atom. The quantitative estimate of drug-likeness (QED) is 0.839. The predicted molar refractivity (Wildman–Crippen MR) is 70.1 cm³/mol. The molecule has 0 N–H and O–H groups in total. The van der Waals surface area contributed by atoms with E-state index in [2.05, 4.69) is 4.98 Å². The predicted octanol–water partition coefficient (Wildman–Crippen LogP) is 2.07. The normalized spacial score (nSPS) is 18.8. The Balaban J connectivity index is 2.10. The summed E-state index contributed by atoms with van der Waals surface area (Å²) in [6, 6.07) is 0. The van der Waals surface area contributed by atoms with Crippen molar-refractivity contribution in [3.05, 3.63) is 15.6 Å². The van der Waals surface area contributed by atoms with Crippen molar-refractivity contribution in [2.45, 2.75) is 38.7 Å². The molecule has 0 atom stereocenters. The zero-order valence-corrected chi connectivity index (χ0v) is 11.9. The van der Waals surface area contributed by atoms with E-state index in [0.29, 0.717) is 32.5 Å². The van der Waals surface area contributed by atoms with Crippen molar-refractivity contribution in [3.63, 3.8) is 0 Å². The van der Waals surface area contributed by atoms with Gasteiger partial charge in [0.05, 0.1) is 12.1 Å². The molecule has 0 saturated carbocycles. The standard InChI is InChI=1S/C13H19NO3S/c1-9-10(2)18-12(14-9)8-11(15)13(16-3)4-6-17-7-5-13/h4-8H2,1-3H3. The molecule has 4 nitrogen and oxygen atoms in total. The van der Waals surface area contributed by atoms with Gasteiger partial charge >= 0.3 is 0 Å². The Bertz CT molecular complexity index is 416. The van der Waals surface area contributed by atoms with Gasteiger partial charge in [0, 0.05) is 38.0 Å². The number of Topliss-reactive ketones (excluding diaryl/α,β-unsaturated/α-hetero) is 1. The number of ether oxygens (including phenoxy) is 2. The lowest BCUT2D eigenvalue weighted by Crippen LogP contribution is -2.46. The van der Waals surface area contributed by atoms with E-state index in [1.165, 1.54) is 4.88 Å². The van der Waals surface area contributed by atoms with E-state index in [9.17, 15) is 4.79 Å². The first-order valence-electron chi connectivity index (χ1n) is 6.16. The highest BCUT2D eigenvalue weighted by Crippen LogP contribution is 2.28. The van der Waals surface area contributed by atoms with Gasteiger partial charge in [0.15, 0.2) is 5.78 Å². The fraction of sp³-hybridized carbons (Fsp3) is 0.692. The van der Waals surface area contributed by atoms with Gasteiger partial charge in [-0.15, -0.1) is 11.3 Å². The number of carbonyl (C=O) groups excluding carboxylic acids is 1. The van der Waals surface area contributed by atoms with Crippen molar-refractivity contribution >= 4 is 17.1 Å². The lowest BCUT2D eigenvalue weighted by atomic mass is 9.88. The van der Waals surface area contributed by atoms with Crippen LogP contribution in [0.2, 0.25) is 0 Å². The number of rotatable bonds is 4. The molecule has 1 aromatic heterocycles. The van der Waals surface area contributed by atoms with Crippen LogP contribution in [-0.2, 0) is 20.7 Å². The Labute approximate surface area is 111 Å². The summed E-state index contributed by atoms with van der Waals surface area (Å²) in [5.74, 6) is 0.127. The van der Waals surface area contributed by atoms with Crippen LogP contribution < -0.4 is 0 Å². The Kier molecular flexibility index (Phi) is 4.14. The zero-order chi connectivity index (χ0) is 13.2. The van der Waals surface area contributed by atoms with Crippen LogP contribution >= 0.6 is 11.3 Å². The third-order valence-electron chi connectivity index (χ3n) is 3.58. The molecule has 5 heteroatoms. The third kappa shape index (κ3) is 2.63. The van der Waals surface area contributed by atoms with Gasteiger partial charge in [0.2, 0.25) is 0 Å². The Hall–Kier alpha value is -0.780. The second-order valence-electron chi connectivity index (χ2n) is 4.66. The van der Waals surface area contributed by atoms with E-state index < -0.39 is 5.60 Å². The van der Waals surface area contributed by atoms with Gasteiger partial charge in [-0.2, -0.15) is 0 Å². The number of aromatic nitrogens is 1. The molecule has 1 aliphatic heterocycles. The summed E-state index contributed by atoms with van der Waals surface area (Å²) in [6.07, 6.45) is 1.66. The summed E-state index contributed by atoms with van der Waals surface area (Å²) < 4.78 is 10.8. The Morgan fingerprint density at radius 2 is 2.11 bits per heavy atom. The molecule has 0 aromatic carbocycles. The minimum atomic E-state index is -0.661. The molecule has 0 amide bonds. The summed E-state index contributed by atoms with van der Waals surface area (Å²) in [5, 5.41) is 0.887. The lowest BCUT2D eigenvalue weighted by Gasteiger charge is -2.34. The molecule has 1 fully saturated rings. The van der Waals surface area contributed by atoms with Crippen LogP contribution in [0.15, 0.2) is 0 Å². The van der Waals surface area contributed by atoms with E-state index in [4.69, 9.17) is 9.47 Å². The van der Waals surface area contributed by atoms with Gasteiger partial charge in [-0.25, -0.2) is 4.98 Å². The highest BCUT2D eigenvalue weighted by molar-refractivity contribution is 7.11. The summed E-state index contributed by atoms with van der Waals surface area (Å²) in [7, 11) is 1.61. The molecule has 100 valence electrons. The van der Waals surface area contributed by atoms with Gasteiger partial charge in [0.25, 0.3) is 0 Å². The molecular formula is C13H19NO3S. The highest BCUT2D eigenvalue weighted by Gasteiger charge is 2.40. The van der Waals surface area contributed by atoms with Gasteiger partial charge in [0.1, 0.15) is 10.6 Å². The fourth-order valence-electron chi connectivity index (χ4n) is 2.21. The molecule has 0 radical (unpaired) electrons. The van der Waals surface area contributed by atoms with Crippen LogP contribution in [0.1, 0.15) is 28.4 Å². The van der Waals surface area contributed by atoms with E-state index in [-0.39, 0.29) is 5.78 Å². The fourth-order valence-corrected chi connectivity index (χ4v) is 3.14. The van der Waals surface area contributed by atoms with Gasteiger partial charge in [-0.3, -0.25) is 4.79 Å². The van der Waals surface area contributed by atoms with Crippen molar-refractivity contribution in [1.82, 2.24) is 4.98 Å². The monoisotopic (exact) mass is 269 g/mol. The number of hydrogen-bond acceptors (Lipinski definition) is 5. The first kappa shape index (κ1) is 13.6. The maximum Gasteiger partial charge on any atom is 0.171 e. The van der Waals surface area contributed by atoms with Gasteiger partial charge < -0.3 is 9.47 Å². The van der Waals surface area contributed by atoms with Crippen molar-refractivity contribution in [2.24, 2.45) is 0 Å². The second kappa shape index (κ2) is 5.47. The number of ketones is 1. The molecule has 1 aromatic rings. The first-order valence-corrected chi connectivity index (χ1v) is 6.98. The largest absolute Gasteiger partial charge is 0.381 e. The minimum absolute atomic E-state index is 0.127. The molecule has 0 aliphatic carbocycles. The van der Waals surface area contributed by atoms with Crippen LogP contribution in [0.4, 0.5) is 0 Å². The summed E-state index contributed by atoms with van der Waals surface area (Å²) in [6.45, 7) is 5.19. The van der Waals surface area contributed by atoms with E-state index in [0.717, 1.165) is 10.7 Å². The van der Waals surface area contributed by atoms with Crippen LogP contribution in [0.3, 0.4) is 0 Å². The van der Waals surface area contributed by atoms with E-state index >= 15 is 0 Å². The Morgan fingerprint density at radius 3 is 2.61 bits per heavy atom. The average molecular weight is 269 g/mol. The third-order valence-corrected chi connectivity index (χ3v) is 4.66. The highest BCUT2D eigenvalue weighted by atomic mass is 32.1. The summed E-state index contributed by atoms with van der Waals surface area (Å²) in [4.78, 5) is 18.0. The number of aryl methyl sites for hydroxylation is 2. The lowest BCUT2D eigenvalue weighted by molar-refractivity contribution is -0.151. The number of carbonyl (C=O) groups is 1. The number of hydrogen-bond donors (Lipinski definition) is 0. The van der Waals surface area contributed by atoms with Crippen molar-refractivity contribution in [1.29, 1.82) is 0 Å². The molecule has 2 heterocycles. The summed E-state index contributed by atoms with van der Waals surface area (Å²) >= 11 is 1.60. The van der Waals surface area contributed by atoms with Crippen molar-refractivity contribution in [2.75, 3.05) is 20.3 Å². The smallest absolute Gasteiger partial charge is 0.171 e. The molecule has 0 spiro atoms. The first-order chi connectivity index (χ1) is 8.57. The molecule has 2 rings (SSSR count). The number of methoxy groups -OCH3 is 1. The molecule has 18 heavy (non-hydrogen) atoms. The zero-order valence-electron chi connectivity index (χ0n) is 11.1. The van der Waals surface area contributed by atoms with Crippen molar-refractivity contribution in [3.8, 4) is 0 Å². The van der Waals surface area contributed by atoms with Crippen LogP contribution in [0, 0.1) is 13.8 Å². The molecule has 0 unspecified atom stereocenters. The van der Waals surface area contributed by atoms with Crippen LogP contribution in [0.5, 0.6) is 0 Å². The maximum absolute atomic E-state index is 12.4. The van der Waals surface area contributed by atoms with Crippen LogP contribution in [-0.4, -0.2) is 36.7 Å². The van der Waals surface area contributed by atoms with E-state index in [1.807, 2.05) is 13.8 Å². The van der Waals surface area contributed by atoms with Gasteiger partial charge in [-0.1, -0.05) is 0 Å². The molecule has 1 aliphatic rings. The number of thiazole rings is 1. The SMILES string of the molecule is COC1(C(=O)Cc2nc(C)c(C)s2)CCOCC1. The second-order valence-corrected chi connectivity index (χ2v) is 5.95. The molecular weight excluding hydrogens is 250 g/mol. The van der Waals surface area contributed by atoms with E-state index in [1.54, 1.807) is 18.4 Å². The number of nitrogens with zero attached hydrogens (tertiary/aromatic N) is 1. The van der Waals surface area contributed by atoms with Gasteiger partial charge in [-0.05, 0) is 13.8 Å². The molecule has 1 saturated heterocycles. The van der Waals surface area contributed by atoms with Crippen LogP contribution in [0.25, 0.3) is 0 Å².